The normalized spacial score (nSPS) is 14.9. The highest BCUT2D eigenvalue weighted by molar-refractivity contribution is 8.03. The van der Waals surface area contributed by atoms with Crippen molar-refractivity contribution >= 4 is 51.0 Å². The molecule has 0 saturated heterocycles. The Balaban J connectivity index is 1.62. The van der Waals surface area contributed by atoms with Crippen molar-refractivity contribution < 1.29 is 14.5 Å². The Morgan fingerprint density at radius 2 is 1.97 bits per heavy atom. The van der Waals surface area contributed by atoms with Crippen LogP contribution in [0, 0.1) is 0 Å². The number of thiazole rings is 1. The Morgan fingerprint density at radius 3 is 2.79 bits per heavy atom. The summed E-state index contributed by atoms with van der Waals surface area (Å²) in [4.78, 5) is 14.4. The molecule has 0 bridgehead atoms. The number of thioether (sulfide) groups is 1. The van der Waals surface area contributed by atoms with Crippen molar-refractivity contribution in [2.45, 2.75) is 31.2 Å². The van der Waals surface area contributed by atoms with E-state index >= 15 is 0 Å². The van der Waals surface area contributed by atoms with Crippen molar-refractivity contribution in [3.8, 4) is 0 Å². The van der Waals surface area contributed by atoms with E-state index < -0.39 is 5.97 Å². The molecule has 2 aromatic carbocycles. The number of carbonyl (C=O) groups is 1. The molecule has 148 valence electrons. The first-order chi connectivity index (χ1) is 14.2. The molecular formula is C23H23N2O2S2+. The number of allylic oxidation sites excluding steroid dienone is 2. The molecule has 0 atom stereocenters. The summed E-state index contributed by atoms with van der Waals surface area (Å²) in [7, 11) is 0. The highest BCUT2D eigenvalue weighted by Crippen LogP contribution is 2.45. The van der Waals surface area contributed by atoms with Crippen molar-refractivity contribution in [1.29, 1.82) is 0 Å². The predicted octanol–water partition coefficient (Wildman–Crippen LogP) is 5.54. The Kier molecular flexibility index (Phi) is 6.02. The molecule has 0 amide bonds. The second-order valence-corrected chi connectivity index (χ2v) is 8.91. The lowest BCUT2D eigenvalue weighted by Crippen LogP contribution is -2.34. The van der Waals surface area contributed by atoms with Crippen molar-refractivity contribution in [2.24, 2.45) is 0 Å². The summed E-state index contributed by atoms with van der Waals surface area (Å²) in [5.74, 6) is -0.778. The number of carboxylic acids is 1. The number of hydrogen-bond acceptors (Lipinski definition) is 4. The molecule has 0 saturated carbocycles. The van der Waals surface area contributed by atoms with Gasteiger partial charge in [0, 0.05) is 30.0 Å². The van der Waals surface area contributed by atoms with E-state index in [1.54, 1.807) is 23.1 Å². The maximum atomic E-state index is 11.1. The van der Waals surface area contributed by atoms with Crippen LogP contribution in [0.25, 0.3) is 16.3 Å². The third kappa shape index (κ3) is 4.23. The van der Waals surface area contributed by atoms with Crippen LogP contribution in [0.5, 0.6) is 0 Å². The quantitative estimate of drug-likeness (QED) is 0.507. The fraction of sp³-hybridized carbons (Fsp3) is 0.217. The molecule has 0 fully saturated rings. The molecule has 1 aliphatic heterocycles. The van der Waals surface area contributed by atoms with E-state index in [0.717, 1.165) is 23.7 Å². The molecule has 29 heavy (non-hydrogen) atoms. The van der Waals surface area contributed by atoms with Crippen LogP contribution in [0.2, 0.25) is 0 Å². The van der Waals surface area contributed by atoms with Crippen LogP contribution < -0.4 is 9.47 Å². The first-order valence-electron chi connectivity index (χ1n) is 9.73. The molecule has 0 spiro atoms. The fourth-order valence-electron chi connectivity index (χ4n) is 3.46. The number of benzene rings is 2. The second kappa shape index (κ2) is 8.84. The minimum absolute atomic E-state index is 0.114. The molecule has 4 nitrogen and oxygen atoms in total. The molecule has 3 aromatic rings. The molecular weight excluding hydrogens is 400 g/mol. The standard InChI is InChI=1S/C23H22N2O2S2/c1-2-15-24-17-8-3-5-10-19(17)28-21(24)12-7-13-22-25(16-14-23(26)27)18-9-4-6-11-20(18)29-22/h3-13H,2,14-16H2,1H3/p+1. The molecule has 2 heterocycles. The third-order valence-electron chi connectivity index (χ3n) is 4.75. The van der Waals surface area contributed by atoms with E-state index in [9.17, 15) is 4.79 Å². The maximum absolute atomic E-state index is 11.1. The maximum Gasteiger partial charge on any atom is 0.305 e. The lowest BCUT2D eigenvalue weighted by molar-refractivity contribution is -0.668. The van der Waals surface area contributed by atoms with Crippen LogP contribution in [-0.2, 0) is 11.3 Å². The summed E-state index contributed by atoms with van der Waals surface area (Å²) in [6.07, 6.45) is 7.53. The largest absolute Gasteiger partial charge is 0.481 e. The molecule has 6 heteroatoms. The number of anilines is 1. The van der Waals surface area contributed by atoms with Gasteiger partial charge in [-0.2, -0.15) is 4.57 Å². The lowest BCUT2D eigenvalue weighted by Gasteiger charge is -2.19. The SMILES string of the molecule is CCC[n+]1c(C=CC=C2Sc3ccccc3N2CCC(=O)O)sc2ccccc21. The van der Waals surface area contributed by atoms with Gasteiger partial charge in [-0.25, -0.2) is 0 Å². The van der Waals surface area contributed by atoms with Gasteiger partial charge >= 0.3 is 5.97 Å². The Bertz CT molecular complexity index is 1100. The molecule has 1 aromatic heterocycles. The van der Waals surface area contributed by atoms with Crippen LogP contribution in [0.15, 0.2) is 70.6 Å². The van der Waals surface area contributed by atoms with Crippen LogP contribution in [0.3, 0.4) is 0 Å². The van der Waals surface area contributed by atoms with E-state index in [2.05, 4.69) is 71.0 Å². The third-order valence-corrected chi connectivity index (χ3v) is 7.01. The summed E-state index contributed by atoms with van der Waals surface area (Å²) in [5, 5.41) is 11.4. The summed E-state index contributed by atoms with van der Waals surface area (Å²) in [5.41, 5.74) is 2.36. The van der Waals surface area contributed by atoms with Gasteiger partial charge in [0.25, 0.3) is 5.01 Å². The van der Waals surface area contributed by atoms with Gasteiger partial charge in [0.2, 0.25) is 5.52 Å². The number of aromatic nitrogens is 1. The Morgan fingerprint density at radius 1 is 1.17 bits per heavy atom. The van der Waals surface area contributed by atoms with Gasteiger partial charge in [-0.05, 0) is 24.3 Å². The lowest BCUT2D eigenvalue weighted by atomic mass is 10.2. The highest BCUT2D eigenvalue weighted by atomic mass is 32.2. The van der Waals surface area contributed by atoms with Gasteiger partial charge in [-0.3, -0.25) is 4.79 Å². The zero-order chi connectivity index (χ0) is 20.2. The first-order valence-corrected chi connectivity index (χ1v) is 11.4. The van der Waals surface area contributed by atoms with Crippen molar-refractivity contribution in [3.63, 3.8) is 0 Å². The van der Waals surface area contributed by atoms with Gasteiger partial charge < -0.3 is 10.0 Å². The zero-order valence-electron chi connectivity index (χ0n) is 16.2. The number of para-hydroxylation sites is 2. The second-order valence-electron chi connectivity index (χ2n) is 6.79. The molecule has 1 aliphatic rings. The fourth-order valence-corrected chi connectivity index (χ4v) is 5.66. The number of hydrogen-bond donors (Lipinski definition) is 1. The number of fused-ring (bicyclic) bond motifs is 2. The van der Waals surface area contributed by atoms with Crippen molar-refractivity contribution in [2.75, 3.05) is 11.4 Å². The van der Waals surface area contributed by atoms with E-state index in [1.807, 2.05) is 12.1 Å². The number of nitrogens with zero attached hydrogens (tertiary/aromatic N) is 2. The van der Waals surface area contributed by atoms with Gasteiger partial charge in [0.15, 0.2) is 0 Å². The molecule has 0 unspecified atom stereocenters. The zero-order valence-corrected chi connectivity index (χ0v) is 17.9. The average molecular weight is 424 g/mol. The number of carboxylic acid groups (broad SMARTS) is 1. The topological polar surface area (TPSA) is 44.4 Å². The van der Waals surface area contributed by atoms with Crippen molar-refractivity contribution in [1.82, 2.24) is 0 Å². The summed E-state index contributed by atoms with van der Waals surface area (Å²) in [6.45, 7) is 3.66. The summed E-state index contributed by atoms with van der Waals surface area (Å²) < 4.78 is 3.66. The molecule has 1 N–H and O–H groups in total. The van der Waals surface area contributed by atoms with E-state index in [-0.39, 0.29) is 6.42 Å². The van der Waals surface area contributed by atoms with E-state index in [1.165, 1.54) is 20.1 Å². The molecule has 0 aliphatic carbocycles. The summed E-state index contributed by atoms with van der Waals surface area (Å²) in [6, 6.07) is 16.7. The first kappa shape index (κ1) is 19.7. The smallest absolute Gasteiger partial charge is 0.305 e. The predicted molar refractivity (Wildman–Crippen MR) is 121 cm³/mol. The Labute approximate surface area is 178 Å². The van der Waals surface area contributed by atoms with E-state index in [0.29, 0.717) is 6.54 Å². The average Bonchev–Trinajstić information content (AvgIpc) is 3.25. The number of aliphatic carboxylic acids is 1. The van der Waals surface area contributed by atoms with Gasteiger partial charge in [-0.1, -0.05) is 60.4 Å². The van der Waals surface area contributed by atoms with Crippen LogP contribution in [0.1, 0.15) is 24.8 Å². The van der Waals surface area contributed by atoms with Gasteiger partial charge in [-0.15, -0.1) is 0 Å². The van der Waals surface area contributed by atoms with Crippen LogP contribution >= 0.6 is 23.1 Å². The highest BCUT2D eigenvalue weighted by Gasteiger charge is 2.24. The van der Waals surface area contributed by atoms with E-state index in [4.69, 9.17) is 5.11 Å². The molecule has 0 radical (unpaired) electrons. The van der Waals surface area contributed by atoms with Crippen molar-refractivity contribution in [3.05, 3.63) is 70.7 Å². The minimum atomic E-state index is -0.778. The van der Waals surface area contributed by atoms with Crippen LogP contribution in [-0.4, -0.2) is 17.6 Å². The van der Waals surface area contributed by atoms with Gasteiger partial charge in [0.05, 0.1) is 17.1 Å². The summed E-state index contributed by atoms with van der Waals surface area (Å²) >= 11 is 3.49. The number of aryl methyl sites for hydroxylation is 1. The Hall–Kier alpha value is -2.57. The number of rotatable bonds is 7. The van der Waals surface area contributed by atoms with Crippen LogP contribution in [0.4, 0.5) is 5.69 Å². The monoisotopic (exact) mass is 423 g/mol. The minimum Gasteiger partial charge on any atom is -0.481 e. The molecule has 4 rings (SSSR count). The van der Waals surface area contributed by atoms with Gasteiger partial charge in [0.1, 0.15) is 11.2 Å².